The molecule has 2 aromatic rings. The predicted molar refractivity (Wildman–Crippen MR) is 117 cm³/mol. The maximum atomic E-state index is 12.8. The number of aliphatic carboxylic acids is 1. The molecule has 10 nitrogen and oxygen atoms in total. The molecule has 0 radical (unpaired) electrons. The van der Waals surface area contributed by atoms with Crippen LogP contribution in [0.3, 0.4) is 0 Å². The Morgan fingerprint density at radius 2 is 1.94 bits per heavy atom. The largest absolute Gasteiger partial charge is 0.480 e. The Morgan fingerprint density at radius 1 is 1.16 bits per heavy atom. The zero-order chi connectivity index (χ0) is 22.5. The number of H-pyrrole nitrogens is 1. The van der Waals surface area contributed by atoms with Crippen LogP contribution in [0.15, 0.2) is 4.79 Å². The average molecular weight is 446 g/mol. The molecule has 2 atom stereocenters. The van der Waals surface area contributed by atoms with E-state index in [0.717, 1.165) is 61.3 Å². The Labute approximate surface area is 187 Å². The minimum atomic E-state index is -1.04. The van der Waals surface area contributed by atoms with Gasteiger partial charge in [0.05, 0.1) is 0 Å². The van der Waals surface area contributed by atoms with Crippen molar-refractivity contribution in [3.8, 4) is 0 Å². The van der Waals surface area contributed by atoms with Crippen LogP contribution >= 0.6 is 0 Å². The highest BCUT2D eigenvalue weighted by Crippen LogP contribution is 2.46. The molecule has 2 aromatic heterocycles. The molecule has 2 heterocycles. The van der Waals surface area contributed by atoms with Gasteiger partial charge in [-0.3, -0.25) is 9.36 Å². The first-order valence-corrected chi connectivity index (χ1v) is 12.2. The summed E-state index contributed by atoms with van der Waals surface area (Å²) in [5.41, 5.74) is -0.287. The maximum Gasteiger partial charge on any atom is 0.346 e. The van der Waals surface area contributed by atoms with E-state index in [1.165, 1.54) is 19.3 Å². The summed E-state index contributed by atoms with van der Waals surface area (Å²) < 4.78 is 2.85. The van der Waals surface area contributed by atoms with E-state index in [1.54, 1.807) is 4.57 Å². The summed E-state index contributed by atoms with van der Waals surface area (Å²) in [6.45, 7) is 2.37. The Kier molecular flexibility index (Phi) is 7.36. The third-order valence-corrected chi connectivity index (χ3v) is 7.49. The molecule has 0 bridgehead atoms. The molecule has 4 rings (SSSR count). The Balaban J connectivity index is 1.41. The number of hydrogen-bond acceptors (Lipinski definition) is 6. The monoisotopic (exact) mass is 445 g/mol. The number of carboxylic acids is 1. The molecular formula is C22H35N7O3. The number of rotatable bonds is 9. The van der Waals surface area contributed by atoms with E-state index in [2.05, 4.69) is 32.6 Å². The zero-order valence-electron chi connectivity index (χ0n) is 18.9. The van der Waals surface area contributed by atoms with E-state index >= 15 is 0 Å². The summed E-state index contributed by atoms with van der Waals surface area (Å²) in [6.07, 6.45) is 12.0. The number of carbonyl (C=O) groups is 1. The van der Waals surface area contributed by atoms with Crippen LogP contribution in [-0.2, 0) is 24.3 Å². The minimum Gasteiger partial charge on any atom is -0.480 e. The fourth-order valence-corrected chi connectivity index (χ4v) is 5.85. The number of aromatic nitrogens is 7. The SMILES string of the molecule is CCCCc1nn(CC(=O)O)c(=O)n1CC1CCC(C2CCCCC2c2nn[nH]n2)CC1. The minimum absolute atomic E-state index is 0.287. The fraction of sp³-hybridized carbons (Fsp3) is 0.818. The van der Waals surface area contributed by atoms with Gasteiger partial charge in [0.25, 0.3) is 0 Å². The third-order valence-electron chi connectivity index (χ3n) is 7.49. The highest BCUT2D eigenvalue weighted by atomic mass is 16.4. The second-order valence-corrected chi connectivity index (χ2v) is 9.57. The van der Waals surface area contributed by atoms with Crippen LogP contribution in [0.25, 0.3) is 0 Å². The molecule has 0 amide bonds. The number of carboxylic acid groups (broad SMARTS) is 1. The van der Waals surface area contributed by atoms with Gasteiger partial charge in [0.15, 0.2) is 5.82 Å². The molecule has 0 aromatic carbocycles. The van der Waals surface area contributed by atoms with Crippen LogP contribution in [-0.4, -0.2) is 46.0 Å². The summed E-state index contributed by atoms with van der Waals surface area (Å²) in [4.78, 5) is 23.9. The summed E-state index contributed by atoms with van der Waals surface area (Å²) in [6, 6.07) is 0. The van der Waals surface area contributed by atoms with E-state index in [4.69, 9.17) is 5.11 Å². The summed E-state index contributed by atoms with van der Waals surface area (Å²) in [5.74, 6) is 2.67. The van der Waals surface area contributed by atoms with Gasteiger partial charge in [-0.2, -0.15) is 10.3 Å². The Bertz CT molecular complexity index is 928. The maximum absolute atomic E-state index is 12.8. The lowest BCUT2D eigenvalue weighted by Crippen LogP contribution is -2.33. The second kappa shape index (κ2) is 10.4. The van der Waals surface area contributed by atoms with Crippen molar-refractivity contribution in [2.45, 2.75) is 96.6 Å². The number of tetrazole rings is 1. The summed E-state index contributed by atoms with van der Waals surface area (Å²) >= 11 is 0. The second-order valence-electron chi connectivity index (χ2n) is 9.57. The number of nitrogens with one attached hydrogen (secondary N) is 1. The van der Waals surface area contributed by atoms with Crippen LogP contribution in [0.5, 0.6) is 0 Å². The first-order chi connectivity index (χ1) is 15.6. The zero-order valence-corrected chi connectivity index (χ0v) is 18.9. The van der Waals surface area contributed by atoms with E-state index < -0.39 is 5.97 Å². The number of aromatic amines is 1. The summed E-state index contributed by atoms with van der Waals surface area (Å²) in [5, 5.41) is 28.4. The quantitative estimate of drug-likeness (QED) is 0.606. The average Bonchev–Trinajstić information content (AvgIpc) is 3.43. The van der Waals surface area contributed by atoms with Gasteiger partial charge >= 0.3 is 11.7 Å². The normalized spacial score (nSPS) is 26.3. The van der Waals surface area contributed by atoms with Gasteiger partial charge in [-0.25, -0.2) is 9.48 Å². The van der Waals surface area contributed by atoms with Gasteiger partial charge in [0.1, 0.15) is 12.4 Å². The van der Waals surface area contributed by atoms with Crippen molar-refractivity contribution < 1.29 is 9.90 Å². The lowest BCUT2D eigenvalue weighted by Gasteiger charge is -2.39. The van der Waals surface area contributed by atoms with E-state index in [9.17, 15) is 9.59 Å². The standard InChI is InChI=1S/C22H35N7O3/c1-2-3-8-19-25-29(14-20(30)31)22(32)28(19)13-15-9-11-16(12-10-15)17-6-4-5-7-18(17)21-23-26-27-24-21/h15-18H,2-14H2,1H3,(H,30,31)(H,23,24,26,27). The molecule has 32 heavy (non-hydrogen) atoms. The molecule has 2 unspecified atom stereocenters. The van der Waals surface area contributed by atoms with Crippen molar-refractivity contribution in [2.75, 3.05) is 0 Å². The van der Waals surface area contributed by atoms with Gasteiger partial charge in [0.2, 0.25) is 0 Å². The molecular weight excluding hydrogens is 410 g/mol. The van der Waals surface area contributed by atoms with Gasteiger partial charge in [-0.15, -0.1) is 10.2 Å². The van der Waals surface area contributed by atoms with Crippen molar-refractivity contribution in [2.24, 2.45) is 17.8 Å². The predicted octanol–water partition coefficient (Wildman–Crippen LogP) is 2.77. The molecule has 10 heteroatoms. The Hall–Kier alpha value is -2.52. The highest BCUT2D eigenvalue weighted by Gasteiger charge is 2.37. The molecule has 2 fully saturated rings. The van der Waals surface area contributed by atoms with Crippen LogP contribution in [0.2, 0.25) is 0 Å². The number of nitrogens with zero attached hydrogens (tertiary/aromatic N) is 6. The molecule has 176 valence electrons. The van der Waals surface area contributed by atoms with Crippen molar-refractivity contribution in [3.05, 3.63) is 22.1 Å². The van der Waals surface area contributed by atoms with Gasteiger partial charge < -0.3 is 5.11 Å². The number of unbranched alkanes of at least 4 members (excludes halogenated alkanes) is 1. The van der Waals surface area contributed by atoms with Gasteiger partial charge in [-0.1, -0.05) is 31.4 Å². The lowest BCUT2D eigenvalue weighted by molar-refractivity contribution is -0.138. The lowest BCUT2D eigenvalue weighted by atomic mass is 9.66. The fourth-order valence-electron chi connectivity index (χ4n) is 5.85. The first-order valence-electron chi connectivity index (χ1n) is 12.2. The molecule has 0 aliphatic heterocycles. The Morgan fingerprint density at radius 3 is 2.62 bits per heavy atom. The van der Waals surface area contributed by atoms with Crippen LogP contribution in [0.4, 0.5) is 0 Å². The molecule has 2 aliphatic rings. The smallest absolute Gasteiger partial charge is 0.346 e. The van der Waals surface area contributed by atoms with E-state index in [-0.39, 0.29) is 12.2 Å². The van der Waals surface area contributed by atoms with Crippen LogP contribution in [0, 0.1) is 17.8 Å². The van der Waals surface area contributed by atoms with Crippen molar-refractivity contribution >= 4 is 5.97 Å². The van der Waals surface area contributed by atoms with Crippen molar-refractivity contribution in [1.82, 2.24) is 35.0 Å². The number of hydrogen-bond donors (Lipinski definition) is 2. The first kappa shape index (κ1) is 22.7. The number of aryl methyl sites for hydroxylation is 1. The van der Waals surface area contributed by atoms with Crippen LogP contribution < -0.4 is 5.69 Å². The molecule has 0 saturated heterocycles. The van der Waals surface area contributed by atoms with Crippen LogP contribution in [0.1, 0.15) is 88.7 Å². The molecule has 2 N–H and O–H groups in total. The van der Waals surface area contributed by atoms with Gasteiger partial charge in [-0.05, 0) is 62.7 Å². The summed E-state index contributed by atoms with van der Waals surface area (Å²) in [7, 11) is 0. The molecule has 0 spiro atoms. The van der Waals surface area contributed by atoms with E-state index in [1.807, 2.05) is 0 Å². The van der Waals surface area contributed by atoms with Gasteiger partial charge in [0, 0.05) is 18.9 Å². The topological polar surface area (TPSA) is 132 Å². The van der Waals surface area contributed by atoms with Crippen molar-refractivity contribution in [1.29, 1.82) is 0 Å². The third kappa shape index (κ3) is 5.10. The van der Waals surface area contributed by atoms with Crippen molar-refractivity contribution in [3.63, 3.8) is 0 Å². The highest BCUT2D eigenvalue weighted by molar-refractivity contribution is 5.66. The van der Waals surface area contributed by atoms with E-state index in [0.29, 0.717) is 36.6 Å². The molecule has 2 saturated carbocycles. The molecule has 2 aliphatic carbocycles.